The highest BCUT2D eigenvalue weighted by molar-refractivity contribution is 6.32. The normalized spacial score (nSPS) is 15.1. The Hall–Kier alpha value is -3.53. The van der Waals surface area contributed by atoms with Crippen LogP contribution >= 0.6 is 0 Å². The summed E-state index contributed by atoms with van der Waals surface area (Å²) in [6.07, 6.45) is 6.32. The summed E-state index contributed by atoms with van der Waals surface area (Å²) in [4.78, 5) is 40.4. The molecule has 0 aliphatic rings. The zero-order valence-corrected chi connectivity index (χ0v) is 32.9. The van der Waals surface area contributed by atoms with Gasteiger partial charge in [-0.25, -0.2) is 15.0 Å². The van der Waals surface area contributed by atoms with Crippen molar-refractivity contribution in [2.75, 3.05) is 5.32 Å². The molecule has 4 rings (SSSR count). The molecule has 4 aromatic heterocycles. The molecule has 0 aliphatic heterocycles. The molecule has 1 N–H and O–H groups in total. The Morgan fingerprint density at radius 1 is 0.979 bits per heavy atom. The molecule has 0 bridgehead atoms. The highest BCUT2D eigenvalue weighted by atomic mass is 28.2. The number of pyridine rings is 1. The predicted molar refractivity (Wildman–Crippen MR) is 191 cm³/mol. The van der Waals surface area contributed by atoms with Crippen LogP contribution in [0.5, 0.6) is 0 Å². The maximum Gasteiger partial charge on any atom is 0.247 e. The Kier molecular flexibility index (Phi) is 10.5. The predicted octanol–water partition coefficient (Wildman–Crippen LogP) is 5.03. The molecule has 2 atom stereocenters. The number of hydrogen-bond donors (Lipinski definition) is 1. The van der Waals surface area contributed by atoms with Crippen molar-refractivity contribution in [2.24, 2.45) is 0 Å². The van der Waals surface area contributed by atoms with Crippen LogP contribution in [0.15, 0.2) is 43.1 Å². The van der Waals surface area contributed by atoms with E-state index in [1.54, 1.807) is 23.0 Å². The van der Waals surface area contributed by atoms with Crippen LogP contribution in [-0.4, -0.2) is 72.2 Å². The second-order valence-corrected chi connectivity index (χ2v) is 21.0. The molecule has 0 aromatic carbocycles. The fourth-order valence-electron chi connectivity index (χ4n) is 5.50. The second kappa shape index (κ2) is 13.5. The van der Waals surface area contributed by atoms with Gasteiger partial charge in [0.15, 0.2) is 25.3 Å². The highest BCUT2D eigenvalue weighted by Gasteiger charge is 2.50. The summed E-state index contributed by atoms with van der Waals surface area (Å²) in [5.74, 6) is -0.242. The fraction of sp³-hybridized carbons (Fsp3) is 0.529. The van der Waals surface area contributed by atoms with E-state index < -0.39 is 30.7 Å². The summed E-state index contributed by atoms with van der Waals surface area (Å²) >= 11 is 0. The molecule has 1 amide bonds. The summed E-state index contributed by atoms with van der Waals surface area (Å²) in [7, 11) is -1.88. The van der Waals surface area contributed by atoms with Crippen LogP contribution in [0.4, 0.5) is 5.82 Å². The van der Waals surface area contributed by atoms with E-state index in [1.807, 2.05) is 26.1 Å². The first kappa shape index (κ1) is 36.3. The van der Waals surface area contributed by atoms with Crippen molar-refractivity contribution in [3.05, 3.63) is 65.6 Å². The Bertz CT molecular complexity index is 1750. The summed E-state index contributed by atoms with van der Waals surface area (Å²) in [6.45, 7) is 25.5. The van der Waals surface area contributed by atoms with E-state index in [2.05, 4.69) is 94.2 Å². The highest BCUT2D eigenvalue weighted by Crippen LogP contribution is 2.42. The molecule has 13 heteroatoms. The standard InChI is InChI=1S/C34H51N7O4Si2/c1-21-15-22(2)41(39-21)19-28(42)38-27-16-24(13-14-36-27)29(43)26-18-40(30-25(26)17-35-20-37-30)34(12,23(3)44-46-31(4,5)6)33(10,11)45-47-32(7,8)9/h13-18,20,23H,19,46-47H2,1-12H3,(H,36,38,42). The van der Waals surface area contributed by atoms with Gasteiger partial charge in [-0.05, 0) is 69.8 Å². The van der Waals surface area contributed by atoms with Gasteiger partial charge in [0.05, 0.1) is 28.5 Å². The van der Waals surface area contributed by atoms with E-state index in [4.69, 9.17) is 13.8 Å². The average Bonchev–Trinajstić information content (AvgIpc) is 3.52. The van der Waals surface area contributed by atoms with E-state index in [0.717, 1.165) is 11.4 Å². The van der Waals surface area contributed by atoms with Crippen molar-refractivity contribution in [3.63, 3.8) is 0 Å². The van der Waals surface area contributed by atoms with Gasteiger partial charge in [-0.3, -0.25) is 14.3 Å². The van der Waals surface area contributed by atoms with E-state index in [9.17, 15) is 9.59 Å². The van der Waals surface area contributed by atoms with Crippen molar-refractivity contribution in [3.8, 4) is 0 Å². The zero-order valence-electron chi connectivity index (χ0n) is 30.1. The van der Waals surface area contributed by atoms with E-state index in [1.165, 1.54) is 12.5 Å². The number of anilines is 1. The van der Waals surface area contributed by atoms with Crippen LogP contribution in [0.3, 0.4) is 0 Å². The van der Waals surface area contributed by atoms with Gasteiger partial charge in [0, 0.05) is 35.2 Å². The number of fused-ring (bicyclic) bond motifs is 1. The molecule has 4 aromatic rings. The molecular formula is C34H51N7O4Si2. The van der Waals surface area contributed by atoms with Gasteiger partial charge in [-0.1, -0.05) is 41.5 Å². The number of aryl methyl sites for hydroxylation is 2. The van der Waals surface area contributed by atoms with Crippen LogP contribution in [0, 0.1) is 13.8 Å². The van der Waals surface area contributed by atoms with Crippen molar-refractivity contribution < 1.29 is 18.4 Å². The molecule has 0 radical (unpaired) electrons. The van der Waals surface area contributed by atoms with Gasteiger partial charge >= 0.3 is 0 Å². The summed E-state index contributed by atoms with van der Waals surface area (Å²) in [5, 5.41) is 7.96. The Balaban J connectivity index is 1.74. The Morgan fingerprint density at radius 3 is 2.28 bits per heavy atom. The van der Waals surface area contributed by atoms with Crippen LogP contribution in [0.2, 0.25) is 10.1 Å². The van der Waals surface area contributed by atoms with Gasteiger partial charge in [-0.15, -0.1) is 0 Å². The van der Waals surface area contributed by atoms with Crippen LogP contribution in [0.1, 0.15) is 96.5 Å². The van der Waals surface area contributed by atoms with Gasteiger partial charge < -0.3 is 18.7 Å². The van der Waals surface area contributed by atoms with Crippen molar-refractivity contribution in [1.82, 2.24) is 29.3 Å². The maximum absolute atomic E-state index is 14.2. The lowest BCUT2D eigenvalue weighted by Crippen LogP contribution is -2.59. The summed E-state index contributed by atoms with van der Waals surface area (Å²) in [5.41, 5.74) is 1.76. The number of carbonyl (C=O) groups excluding carboxylic acids is 2. The first-order valence-electron chi connectivity index (χ1n) is 16.1. The Morgan fingerprint density at radius 2 is 1.66 bits per heavy atom. The lowest BCUT2D eigenvalue weighted by atomic mass is 9.79. The van der Waals surface area contributed by atoms with Gasteiger partial charge in [0.2, 0.25) is 5.91 Å². The summed E-state index contributed by atoms with van der Waals surface area (Å²) in [6, 6.07) is 5.15. The van der Waals surface area contributed by atoms with Gasteiger partial charge in [0.1, 0.15) is 24.3 Å². The first-order chi connectivity index (χ1) is 21.7. The number of carbonyl (C=O) groups is 2. The number of amides is 1. The molecule has 0 aliphatic carbocycles. The molecule has 0 fully saturated rings. The molecule has 2 unspecified atom stereocenters. The minimum atomic E-state index is -0.953. The van der Waals surface area contributed by atoms with E-state index >= 15 is 0 Å². The third-order valence-corrected chi connectivity index (χ3v) is 11.8. The van der Waals surface area contributed by atoms with Crippen molar-refractivity contribution in [2.45, 2.75) is 117 Å². The van der Waals surface area contributed by atoms with Crippen molar-refractivity contribution >= 4 is 48.1 Å². The summed E-state index contributed by atoms with van der Waals surface area (Å²) < 4.78 is 17.3. The number of hydrogen-bond acceptors (Lipinski definition) is 8. The van der Waals surface area contributed by atoms with Crippen LogP contribution in [-0.2, 0) is 25.7 Å². The molecule has 4 heterocycles. The van der Waals surface area contributed by atoms with Gasteiger partial charge in [0.25, 0.3) is 0 Å². The average molecular weight is 678 g/mol. The van der Waals surface area contributed by atoms with Crippen LogP contribution in [0.25, 0.3) is 11.0 Å². The minimum Gasteiger partial charge on any atom is -0.418 e. The number of aromatic nitrogens is 6. The Labute approximate surface area is 283 Å². The molecule has 47 heavy (non-hydrogen) atoms. The molecule has 0 spiro atoms. The van der Waals surface area contributed by atoms with Gasteiger partial charge in [-0.2, -0.15) is 5.10 Å². The van der Waals surface area contributed by atoms with E-state index in [-0.39, 0.29) is 40.2 Å². The first-order valence-corrected chi connectivity index (χ1v) is 18.7. The lowest BCUT2D eigenvalue weighted by Gasteiger charge is -2.50. The molecule has 11 nitrogen and oxygen atoms in total. The smallest absolute Gasteiger partial charge is 0.247 e. The van der Waals surface area contributed by atoms with E-state index in [0.29, 0.717) is 22.2 Å². The lowest BCUT2D eigenvalue weighted by molar-refractivity contribution is -0.117. The topological polar surface area (TPSA) is 126 Å². The minimum absolute atomic E-state index is 0.0389. The SMILES string of the molecule is Cc1cc(C)n(CC(=O)Nc2cc(C(=O)c3cn(C(C)(C(C)O[SiH2]C(C)(C)C)C(C)(C)O[SiH2]C(C)(C)C)c4ncncc34)ccn2)n1. The molecule has 254 valence electrons. The fourth-order valence-corrected chi connectivity index (χ4v) is 7.67. The number of rotatable bonds is 12. The monoisotopic (exact) mass is 677 g/mol. The third kappa shape index (κ3) is 8.32. The second-order valence-electron chi connectivity index (χ2n) is 15.6. The molecule has 0 saturated heterocycles. The number of ketones is 1. The zero-order chi connectivity index (χ0) is 34.9. The number of nitrogens with one attached hydrogen (secondary N) is 1. The number of nitrogens with zero attached hydrogens (tertiary/aromatic N) is 6. The third-order valence-electron chi connectivity index (χ3n) is 8.54. The van der Waals surface area contributed by atoms with Crippen molar-refractivity contribution in [1.29, 1.82) is 0 Å². The largest absolute Gasteiger partial charge is 0.418 e. The van der Waals surface area contributed by atoms with Crippen LogP contribution < -0.4 is 5.32 Å². The quantitative estimate of drug-likeness (QED) is 0.164. The molecular weight excluding hydrogens is 627 g/mol. The molecule has 0 saturated carbocycles. The maximum atomic E-state index is 14.2.